The highest BCUT2D eigenvalue weighted by Crippen LogP contribution is 1.97. The van der Waals surface area contributed by atoms with E-state index in [-0.39, 0.29) is 0 Å². The van der Waals surface area contributed by atoms with Gasteiger partial charge in [0, 0.05) is 25.5 Å². The van der Waals surface area contributed by atoms with E-state index in [1.54, 1.807) is 13.3 Å². The molecule has 1 N–H and O–H groups in total. The number of aryl methyl sites for hydroxylation is 1. The average Bonchev–Trinajstić information content (AvgIpc) is 2.23. The lowest BCUT2D eigenvalue weighted by Gasteiger charge is -2.05. The lowest BCUT2D eigenvalue weighted by molar-refractivity contribution is 0.0759. The Morgan fingerprint density at radius 1 is 1.33 bits per heavy atom. The predicted octanol–water partition coefficient (Wildman–Crippen LogP) is 0.860. The second-order valence-corrected chi connectivity index (χ2v) is 3.05. The van der Waals surface area contributed by atoms with Gasteiger partial charge in [-0.2, -0.15) is 0 Å². The minimum absolute atomic E-state index is 0.618. The molecule has 5 nitrogen and oxygen atoms in total. The van der Waals surface area contributed by atoms with Crippen molar-refractivity contribution < 1.29 is 9.47 Å². The van der Waals surface area contributed by atoms with Crippen LogP contribution in [0, 0.1) is 6.92 Å². The molecule has 1 rings (SSSR count). The van der Waals surface area contributed by atoms with Gasteiger partial charge < -0.3 is 14.8 Å². The standard InChI is InChI=1S/C10H17N3O2/c1-9-3-4-11-10(13-9)12-5-6-15-8-7-14-2/h3-4H,5-8H2,1-2H3,(H,11,12,13). The molecule has 0 saturated heterocycles. The van der Waals surface area contributed by atoms with Crippen molar-refractivity contribution in [3.05, 3.63) is 18.0 Å². The molecule has 5 heteroatoms. The highest BCUT2D eigenvalue weighted by Gasteiger charge is 1.94. The molecule has 0 bridgehead atoms. The third kappa shape index (κ3) is 5.29. The lowest BCUT2D eigenvalue weighted by Crippen LogP contribution is -2.13. The Kier molecular flexibility index (Phi) is 5.65. The molecule has 0 aliphatic heterocycles. The maximum Gasteiger partial charge on any atom is 0.222 e. The summed E-state index contributed by atoms with van der Waals surface area (Å²) in [4.78, 5) is 8.28. The van der Waals surface area contributed by atoms with Crippen LogP contribution in [0.3, 0.4) is 0 Å². The van der Waals surface area contributed by atoms with Gasteiger partial charge in [0.2, 0.25) is 5.95 Å². The zero-order chi connectivity index (χ0) is 10.9. The predicted molar refractivity (Wildman–Crippen MR) is 58.0 cm³/mol. The number of rotatable bonds is 7. The van der Waals surface area contributed by atoms with Crippen LogP contribution in [0.4, 0.5) is 5.95 Å². The summed E-state index contributed by atoms with van der Waals surface area (Å²) in [6.45, 7) is 4.50. The Morgan fingerprint density at radius 3 is 2.93 bits per heavy atom. The highest BCUT2D eigenvalue weighted by atomic mass is 16.5. The number of methoxy groups -OCH3 is 1. The van der Waals surface area contributed by atoms with E-state index in [0.717, 1.165) is 5.69 Å². The van der Waals surface area contributed by atoms with Crippen LogP contribution in [0.25, 0.3) is 0 Å². The van der Waals surface area contributed by atoms with Crippen LogP contribution >= 0.6 is 0 Å². The normalized spacial score (nSPS) is 10.3. The topological polar surface area (TPSA) is 56.3 Å². The zero-order valence-corrected chi connectivity index (χ0v) is 9.19. The molecule has 15 heavy (non-hydrogen) atoms. The molecule has 0 aliphatic rings. The third-order valence-corrected chi connectivity index (χ3v) is 1.76. The van der Waals surface area contributed by atoms with Gasteiger partial charge in [0.1, 0.15) is 0 Å². The van der Waals surface area contributed by atoms with Gasteiger partial charge in [-0.25, -0.2) is 9.97 Å². The minimum Gasteiger partial charge on any atom is -0.382 e. The van der Waals surface area contributed by atoms with Gasteiger partial charge >= 0.3 is 0 Å². The van der Waals surface area contributed by atoms with Crippen LogP contribution in [0.1, 0.15) is 5.69 Å². The van der Waals surface area contributed by atoms with Crippen molar-refractivity contribution in [3.63, 3.8) is 0 Å². The van der Waals surface area contributed by atoms with E-state index in [2.05, 4.69) is 15.3 Å². The number of nitrogens with one attached hydrogen (secondary N) is 1. The Morgan fingerprint density at radius 2 is 2.20 bits per heavy atom. The van der Waals surface area contributed by atoms with Crippen molar-refractivity contribution in [2.75, 3.05) is 38.8 Å². The van der Waals surface area contributed by atoms with Crippen molar-refractivity contribution in [2.24, 2.45) is 0 Å². The first kappa shape index (κ1) is 11.9. The summed E-state index contributed by atoms with van der Waals surface area (Å²) in [6, 6.07) is 1.86. The fourth-order valence-electron chi connectivity index (χ4n) is 1.01. The summed E-state index contributed by atoms with van der Waals surface area (Å²) in [6.07, 6.45) is 1.73. The number of anilines is 1. The Balaban J connectivity index is 2.10. The van der Waals surface area contributed by atoms with Crippen molar-refractivity contribution in [3.8, 4) is 0 Å². The van der Waals surface area contributed by atoms with Crippen LogP contribution in [-0.4, -0.2) is 43.4 Å². The fourth-order valence-corrected chi connectivity index (χ4v) is 1.01. The number of ether oxygens (including phenoxy) is 2. The first-order valence-electron chi connectivity index (χ1n) is 4.93. The number of nitrogens with zero attached hydrogens (tertiary/aromatic N) is 2. The van der Waals surface area contributed by atoms with Gasteiger partial charge in [-0.1, -0.05) is 0 Å². The van der Waals surface area contributed by atoms with Crippen molar-refractivity contribution >= 4 is 5.95 Å². The van der Waals surface area contributed by atoms with Crippen LogP contribution in [0.15, 0.2) is 12.3 Å². The number of aromatic nitrogens is 2. The molecule has 1 aromatic heterocycles. The van der Waals surface area contributed by atoms with Crippen LogP contribution < -0.4 is 5.32 Å². The first-order valence-corrected chi connectivity index (χ1v) is 4.93. The van der Waals surface area contributed by atoms with Crippen molar-refractivity contribution in [1.82, 2.24) is 9.97 Å². The molecule has 0 radical (unpaired) electrons. The molecule has 0 atom stereocenters. The lowest BCUT2D eigenvalue weighted by atomic mass is 10.5. The van der Waals surface area contributed by atoms with E-state index < -0.39 is 0 Å². The largest absolute Gasteiger partial charge is 0.382 e. The van der Waals surface area contributed by atoms with Gasteiger partial charge in [-0.15, -0.1) is 0 Å². The molecule has 0 fully saturated rings. The van der Waals surface area contributed by atoms with Crippen molar-refractivity contribution in [2.45, 2.75) is 6.92 Å². The smallest absolute Gasteiger partial charge is 0.222 e. The summed E-state index contributed by atoms with van der Waals surface area (Å²) < 4.78 is 10.1. The molecule has 0 unspecified atom stereocenters. The van der Waals surface area contributed by atoms with E-state index in [1.807, 2.05) is 13.0 Å². The molecule has 84 valence electrons. The third-order valence-electron chi connectivity index (χ3n) is 1.76. The van der Waals surface area contributed by atoms with E-state index in [4.69, 9.17) is 9.47 Å². The van der Waals surface area contributed by atoms with Gasteiger partial charge in [-0.3, -0.25) is 0 Å². The zero-order valence-electron chi connectivity index (χ0n) is 9.19. The van der Waals surface area contributed by atoms with Crippen molar-refractivity contribution in [1.29, 1.82) is 0 Å². The van der Waals surface area contributed by atoms with Gasteiger partial charge in [0.25, 0.3) is 0 Å². The summed E-state index contributed by atoms with van der Waals surface area (Å²) in [5.74, 6) is 0.644. The maximum absolute atomic E-state index is 5.28. The van der Waals surface area contributed by atoms with Gasteiger partial charge in [0.15, 0.2) is 0 Å². The van der Waals surface area contributed by atoms with E-state index in [9.17, 15) is 0 Å². The summed E-state index contributed by atoms with van der Waals surface area (Å²) >= 11 is 0. The van der Waals surface area contributed by atoms with Crippen LogP contribution in [-0.2, 0) is 9.47 Å². The quantitative estimate of drug-likeness (QED) is 0.678. The Hall–Kier alpha value is -1.20. The molecule has 1 aromatic rings. The second kappa shape index (κ2) is 7.14. The summed E-state index contributed by atoms with van der Waals surface area (Å²) in [7, 11) is 1.65. The Bertz CT molecular complexity index is 281. The van der Waals surface area contributed by atoms with E-state index in [0.29, 0.717) is 32.3 Å². The number of hydrogen-bond donors (Lipinski definition) is 1. The molecule has 1 heterocycles. The van der Waals surface area contributed by atoms with Crippen LogP contribution in [0.5, 0.6) is 0 Å². The molecule has 0 aliphatic carbocycles. The molecular formula is C10H17N3O2. The minimum atomic E-state index is 0.618. The highest BCUT2D eigenvalue weighted by molar-refractivity contribution is 5.24. The average molecular weight is 211 g/mol. The molecule has 0 amide bonds. The molecule has 0 spiro atoms. The monoisotopic (exact) mass is 211 g/mol. The maximum atomic E-state index is 5.28. The number of hydrogen-bond acceptors (Lipinski definition) is 5. The first-order chi connectivity index (χ1) is 7.33. The van der Waals surface area contributed by atoms with Gasteiger partial charge in [0.05, 0.1) is 19.8 Å². The molecular weight excluding hydrogens is 194 g/mol. The molecule has 0 aromatic carbocycles. The van der Waals surface area contributed by atoms with E-state index >= 15 is 0 Å². The summed E-state index contributed by atoms with van der Waals surface area (Å²) in [5.41, 5.74) is 0.952. The molecule has 0 saturated carbocycles. The Labute approximate surface area is 89.8 Å². The SMILES string of the molecule is COCCOCCNc1nccc(C)n1. The van der Waals surface area contributed by atoms with Gasteiger partial charge in [-0.05, 0) is 13.0 Å². The fraction of sp³-hybridized carbons (Fsp3) is 0.600. The van der Waals surface area contributed by atoms with Crippen LogP contribution in [0.2, 0.25) is 0 Å². The second-order valence-electron chi connectivity index (χ2n) is 3.05. The van der Waals surface area contributed by atoms with E-state index in [1.165, 1.54) is 0 Å². The summed E-state index contributed by atoms with van der Waals surface area (Å²) in [5, 5.41) is 3.07.